The first-order valence-electron chi connectivity index (χ1n) is 3.14. The van der Waals surface area contributed by atoms with E-state index in [-0.39, 0.29) is 12.4 Å². The number of methoxy groups -OCH3 is 1. The van der Waals surface area contributed by atoms with Crippen LogP contribution in [0.3, 0.4) is 0 Å². The molecule has 60 valence electrons. The predicted octanol–water partition coefficient (Wildman–Crippen LogP) is -0.129. The van der Waals surface area contributed by atoms with Crippen molar-refractivity contribution in [3.05, 3.63) is 0 Å². The molecule has 10 heavy (non-hydrogen) atoms. The van der Waals surface area contributed by atoms with Crippen molar-refractivity contribution >= 4 is 5.97 Å². The van der Waals surface area contributed by atoms with Gasteiger partial charge in [0.15, 0.2) is 0 Å². The molecule has 0 bridgehead atoms. The van der Waals surface area contributed by atoms with Gasteiger partial charge in [-0.05, 0) is 6.92 Å². The number of ether oxygens (including phenoxy) is 2. The molecule has 0 aromatic heterocycles. The Morgan fingerprint density at radius 2 is 2.30 bits per heavy atom. The molecule has 0 spiro atoms. The Bertz CT molecular complexity index is 105. The second-order valence-electron chi connectivity index (χ2n) is 1.78. The van der Waals surface area contributed by atoms with Crippen LogP contribution in [0.25, 0.3) is 0 Å². The van der Waals surface area contributed by atoms with Crippen LogP contribution in [0.5, 0.6) is 0 Å². The summed E-state index contributed by atoms with van der Waals surface area (Å²) in [5, 5.41) is 0. The molecule has 1 unspecified atom stereocenters. The number of carbonyl (C=O) groups excluding carboxylic acids is 1. The molecular formula is C6H13NO3. The monoisotopic (exact) mass is 147 g/mol. The highest BCUT2D eigenvalue weighted by Crippen LogP contribution is 1.91. The van der Waals surface area contributed by atoms with E-state index in [0.29, 0.717) is 6.61 Å². The van der Waals surface area contributed by atoms with Gasteiger partial charge in [-0.3, -0.25) is 4.79 Å². The third-order valence-electron chi connectivity index (χ3n) is 0.976. The molecule has 0 aliphatic rings. The Morgan fingerprint density at radius 1 is 1.70 bits per heavy atom. The molecule has 1 atom stereocenters. The Labute approximate surface area is 60.3 Å². The van der Waals surface area contributed by atoms with Gasteiger partial charge in [0.25, 0.3) is 0 Å². The highest BCUT2D eigenvalue weighted by Gasteiger charge is 2.07. The van der Waals surface area contributed by atoms with Crippen LogP contribution in [-0.4, -0.2) is 25.9 Å². The van der Waals surface area contributed by atoms with Gasteiger partial charge < -0.3 is 15.2 Å². The zero-order chi connectivity index (χ0) is 7.98. The molecule has 0 radical (unpaired) electrons. The van der Waals surface area contributed by atoms with Gasteiger partial charge in [-0.2, -0.15) is 0 Å². The molecule has 0 fully saturated rings. The molecule has 0 aliphatic carbocycles. The third-order valence-corrected chi connectivity index (χ3v) is 0.976. The standard InChI is InChI=1S/C6H13NO3/c1-3-10-6(8)4-5(7)9-2/h5H,3-4,7H2,1-2H3. The zero-order valence-electron chi connectivity index (χ0n) is 6.29. The van der Waals surface area contributed by atoms with E-state index in [0.717, 1.165) is 0 Å². The van der Waals surface area contributed by atoms with Crippen LogP contribution in [0.2, 0.25) is 0 Å². The van der Waals surface area contributed by atoms with E-state index in [1.807, 2.05) is 0 Å². The molecule has 0 saturated heterocycles. The second-order valence-corrected chi connectivity index (χ2v) is 1.78. The van der Waals surface area contributed by atoms with Gasteiger partial charge in [0.1, 0.15) is 6.23 Å². The van der Waals surface area contributed by atoms with Gasteiger partial charge in [-0.15, -0.1) is 0 Å². The summed E-state index contributed by atoms with van der Waals surface area (Å²) < 4.78 is 9.26. The largest absolute Gasteiger partial charge is 0.466 e. The molecule has 4 heteroatoms. The van der Waals surface area contributed by atoms with Crippen molar-refractivity contribution in [1.82, 2.24) is 0 Å². The molecule has 0 heterocycles. The van der Waals surface area contributed by atoms with E-state index in [9.17, 15) is 4.79 Å². The molecule has 0 saturated carbocycles. The molecule has 0 amide bonds. The number of carbonyl (C=O) groups is 1. The lowest BCUT2D eigenvalue weighted by atomic mass is 10.4. The first-order chi connectivity index (χ1) is 4.70. The molecule has 4 nitrogen and oxygen atoms in total. The quantitative estimate of drug-likeness (QED) is 0.444. The van der Waals surface area contributed by atoms with Crippen LogP contribution in [0.4, 0.5) is 0 Å². The summed E-state index contributed by atoms with van der Waals surface area (Å²) in [6, 6.07) is 0. The predicted molar refractivity (Wildman–Crippen MR) is 36.2 cm³/mol. The first-order valence-corrected chi connectivity index (χ1v) is 3.14. The average molecular weight is 147 g/mol. The Kier molecular flexibility index (Phi) is 4.88. The van der Waals surface area contributed by atoms with E-state index in [1.54, 1.807) is 6.92 Å². The molecule has 0 aliphatic heterocycles. The molecule has 0 aromatic rings. The molecule has 0 rings (SSSR count). The minimum Gasteiger partial charge on any atom is -0.466 e. The van der Waals surface area contributed by atoms with Gasteiger partial charge >= 0.3 is 5.97 Å². The summed E-state index contributed by atoms with van der Waals surface area (Å²) in [6.45, 7) is 2.13. The fraction of sp³-hybridized carbons (Fsp3) is 0.833. The number of esters is 1. The smallest absolute Gasteiger partial charge is 0.309 e. The summed E-state index contributed by atoms with van der Waals surface area (Å²) >= 11 is 0. The number of hydrogen-bond acceptors (Lipinski definition) is 4. The summed E-state index contributed by atoms with van der Waals surface area (Å²) in [6.07, 6.45) is -0.427. The van der Waals surface area contributed by atoms with Crippen LogP contribution in [-0.2, 0) is 14.3 Å². The van der Waals surface area contributed by atoms with Crippen molar-refractivity contribution in [2.24, 2.45) is 5.73 Å². The third kappa shape index (κ3) is 4.29. The summed E-state index contributed by atoms with van der Waals surface area (Å²) in [5.74, 6) is -0.322. The second kappa shape index (κ2) is 5.20. The van der Waals surface area contributed by atoms with E-state index in [4.69, 9.17) is 5.73 Å². The zero-order valence-corrected chi connectivity index (χ0v) is 6.29. The molecule has 0 aromatic carbocycles. The number of hydrogen-bond donors (Lipinski definition) is 1. The minimum atomic E-state index is -0.543. The maximum atomic E-state index is 10.6. The fourth-order valence-corrected chi connectivity index (χ4v) is 0.468. The minimum absolute atomic E-state index is 0.115. The highest BCUT2D eigenvalue weighted by molar-refractivity contribution is 5.69. The SMILES string of the molecule is CCOC(=O)CC(N)OC. The van der Waals surface area contributed by atoms with Crippen molar-refractivity contribution in [2.45, 2.75) is 19.6 Å². The van der Waals surface area contributed by atoms with Gasteiger partial charge in [-0.1, -0.05) is 0 Å². The highest BCUT2D eigenvalue weighted by atomic mass is 16.5. The Morgan fingerprint density at radius 3 is 2.70 bits per heavy atom. The topological polar surface area (TPSA) is 61.5 Å². The number of rotatable bonds is 4. The summed E-state index contributed by atoms with van der Waals surface area (Å²) in [7, 11) is 1.45. The normalized spacial score (nSPS) is 12.7. The van der Waals surface area contributed by atoms with Crippen LogP contribution < -0.4 is 5.73 Å². The maximum absolute atomic E-state index is 10.6. The van der Waals surface area contributed by atoms with Crippen LogP contribution in [0.15, 0.2) is 0 Å². The summed E-state index contributed by atoms with van der Waals surface area (Å²) in [4.78, 5) is 10.6. The van der Waals surface area contributed by atoms with Crippen molar-refractivity contribution in [3.63, 3.8) is 0 Å². The Balaban J connectivity index is 3.37. The molecular weight excluding hydrogens is 134 g/mol. The van der Waals surface area contributed by atoms with Crippen molar-refractivity contribution in [1.29, 1.82) is 0 Å². The lowest BCUT2D eigenvalue weighted by Gasteiger charge is -2.07. The van der Waals surface area contributed by atoms with Gasteiger partial charge in [0.2, 0.25) is 0 Å². The fourth-order valence-electron chi connectivity index (χ4n) is 0.468. The van der Waals surface area contributed by atoms with Crippen molar-refractivity contribution in [3.8, 4) is 0 Å². The van der Waals surface area contributed by atoms with E-state index in [2.05, 4.69) is 9.47 Å². The van der Waals surface area contributed by atoms with Crippen LogP contribution in [0.1, 0.15) is 13.3 Å². The van der Waals surface area contributed by atoms with E-state index >= 15 is 0 Å². The van der Waals surface area contributed by atoms with Gasteiger partial charge in [-0.25, -0.2) is 0 Å². The lowest BCUT2D eigenvalue weighted by Crippen LogP contribution is -2.26. The Hall–Kier alpha value is -0.610. The van der Waals surface area contributed by atoms with Crippen LogP contribution >= 0.6 is 0 Å². The van der Waals surface area contributed by atoms with E-state index in [1.165, 1.54) is 7.11 Å². The van der Waals surface area contributed by atoms with Gasteiger partial charge in [0.05, 0.1) is 13.0 Å². The van der Waals surface area contributed by atoms with E-state index < -0.39 is 6.23 Å². The van der Waals surface area contributed by atoms with Crippen LogP contribution in [0, 0.1) is 0 Å². The van der Waals surface area contributed by atoms with Crippen molar-refractivity contribution in [2.75, 3.05) is 13.7 Å². The van der Waals surface area contributed by atoms with Crippen molar-refractivity contribution < 1.29 is 14.3 Å². The lowest BCUT2D eigenvalue weighted by molar-refractivity contribution is -0.145. The average Bonchev–Trinajstić information content (AvgIpc) is 1.88. The maximum Gasteiger partial charge on any atom is 0.309 e. The molecule has 2 N–H and O–H groups in total. The first kappa shape index (κ1) is 9.39. The summed E-state index contributed by atoms with van der Waals surface area (Å²) in [5.41, 5.74) is 5.28. The van der Waals surface area contributed by atoms with Gasteiger partial charge in [0, 0.05) is 7.11 Å². The number of nitrogens with two attached hydrogens (primary N) is 1.